The van der Waals surface area contributed by atoms with Gasteiger partial charge in [0, 0.05) is 35.4 Å². The molecule has 0 radical (unpaired) electrons. The number of hydrogen-bond acceptors (Lipinski definition) is 7. The van der Waals surface area contributed by atoms with Gasteiger partial charge in [0.25, 0.3) is 0 Å². The van der Waals surface area contributed by atoms with E-state index in [1.807, 2.05) is 51.2 Å². The van der Waals surface area contributed by atoms with Crippen molar-refractivity contribution in [2.75, 3.05) is 24.6 Å². The Balaban J connectivity index is 1.66. The third-order valence-corrected chi connectivity index (χ3v) is 5.63. The van der Waals surface area contributed by atoms with Crippen molar-refractivity contribution < 1.29 is 19.1 Å². The van der Waals surface area contributed by atoms with Gasteiger partial charge in [0.15, 0.2) is 0 Å². The molecule has 1 amide bonds. The molecule has 0 saturated carbocycles. The van der Waals surface area contributed by atoms with Crippen molar-refractivity contribution in [2.24, 2.45) is 0 Å². The quantitative estimate of drug-likeness (QED) is 0.526. The molecule has 1 aromatic carbocycles. The lowest BCUT2D eigenvalue weighted by Gasteiger charge is -2.40. The minimum Gasteiger partial charge on any atom is -0.465 e. The lowest BCUT2D eigenvalue weighted by atomic mass is 10.0. The maximum absolute atomic E-state index is 12.2. The average Bonchev–Trinajstić information content (AvgIpc) is 3.08. The van der Waals surface area contributed by atoms with E-state index in [2.05, 4.69) is 20.2 Å². The van der Waals surface area contributed by atoms with Gasteiger partial charge < -0.3 is 24.3 Å². The first kappa shape index (κ1) is 23.8. The minimum atomic E-state index is -0.558. The number of benzene rings is 1. The highest BCUT2D eigenvalue weighted by Crippen LogP contribution is 2.39. The van der Waals surface area contributed by atoms with Gasteiger partial charge >= 0.3 is 12.1 Å². The number of carbonyl (C=O) groups is 2. The Morgan fingerprint density at radius 1 is 1.18 bits per heavy atom. The van der Waals surface area contributed by atoms with Gasteiger partial charge in [0.1, 0.15) is 29.9 Å². The lowest BCUT2D eigenvalue weighted by Crippen LogP contribution is -2.60. The molecule has 3 aromatic rings. The van der Waals surface area contributed by atoms with Crippen molar-refractivity contribution >= 4 is 40.5 Å². The van der Waals surface area contributed by atoms with Crippen molar-refractivity contribution in [2.45, 2.75) is 45.9 Å². The van der Waals surface area contributed by atoms with E-state index < -0.39 is 11.7 Å². The van der Waals surface area contributed by atoms with Crippen LogP contribution in [0, 0.1) is 0 Å². The number of nitrogens with one attached hydrogen (secondary N) is 1. The molecule has 4 rings (SSSR count). The van der Waals surface area contributed by atoms with E-state index in [0.29, 0.717) is 36.2 Å². The van der Waals surface area contributed by atoms with E-state index in [0.717, 1.165) is 16.5 Å². The van der Waals surface area contributed by atoms with Crippen molar-refractivity contribution in [3.63, 3.8) is 0 Å². The molecule has 1 N–H and O–H groups in total. The molecule has 3 heterocycles. The number of fused-ring (bicyclic) bond motifs is 1. The molecule has 0 unspecified atom stereocenters. The molecule has 1 saturated heterocycles. The van der Waals surface area contributed by atoms with Crippen LogP contribution in [0.4, 0.5) is 10.6 Å². The number of anilines is 1. The molecule has 10 heteroatoms. The summed E-state index contributed by atoms with van der Waals surface area (Å²) in [5.74, 6) is 0.362. The largest absolute Gasteiger partial charge is 0.465 e. The molecular formula is C24H28ClN5O4. The summed E-state index contributed by atoms with van der Waals surface area (Å²) in [4.78, 5) is 35.4. The number of nitrogens with zero attached hydrogens (tertiary/aromatic N) is 4. The van der Waals surface area contributed by atoms with Gasteiger partial charge in [-0.2, -0.15) is 0 Å². The maximum atomic E-state index is 12.2. The second kappa shape index (κ2) is 9.50. The normalized spacial score (nSPS) is 14.1. The molecule has 0 atom stereocenters. The van der Waals surface area contributed by atoms with Crippen molar-refractivity contribution in [1.29, 1.82) is 0 Å². The number of amides is 1. The summed E-state index contributed by atoms with van der Waals surface area (Å²) in [7, 11) is 0. The third-order valence-electron chi connectivity index (χ3n) is 5.30. The SMILES string of the molecule is CCOC(=O)Cn1cc(-c2ccccc2Cl)c2c(N3CC(NC(=O)OC(C)(C)C)C3)ncnc21. The highest BCUT2D eigenvalue weighted by Gasteiger charge is 2.33. The molecule has 1 aliphatic heterocycles. The Morgan fingerprint density at radius 2 is 1.91 bits per heavy atom. The maximum Gasteiger partial charge on any atom is 0.407 e. The summed E-state index contributed by atoms with van der Waals surface area (Å²) in [5.41, 5.74) is 1.69. The van der Waals surface area contributed by atoms with Crippen molar-refractivity contribution in [1.82, 2.24) is 19.9 Å². The Hall–Kier alpha value is -3.33. The van der Waals surface area contributed by atoms with E-state index in [4.69, 9.17) is 21.1 Å². The van der Waals surface area contributed by atoms with Gasteiger partial charge in [-0.3, -0.25) is 4.79 Å². The van der Waals surface area contributed by atoms with E-state index >= 15 is 0 Å². The minimum absolute atomic E-state index is 0.0219. The average molecular weight is 486 g/mol. The highest BCUT2D eigenvalue weighted by molar-refractivity contribution is 6.33. The Labute approximate surface area is 203 Å². The van der Waals surface area contributed by atoms with Crippen LogP contribution >= 0.6 is 11.6 Å². The fraction of sp³-hybridized carbons (Fsp3) is 0.417. The zero-order valence-corrected chi connectivity index (χ0v) is 20.4. The zero-order valence-electron chi connectivity index (χ0n) is 19.7. The smallest absolute Gasteiger partial charge is 0.407 e. The summed E-state index contributed by atoms with van der Waals surface area (Å²) in [6.07, 6.45) is 2.89. The number of hydrogen-bond donors (Lipinski definition) is 1. The second-order valence-corrected chi connectivity index (χ2v) is 9.51. The molecule has 2 aromatic heterocycles. The summed E-state index contributed by atoms with van der Waals surface area (Å²) in [6, 6.07) is 7.45. The topological polar surface area (TPSA) is 98.6 Å². The van der Waals surface area contributed by atoms with Crippen LogP contribution in [-0.2, 0) is 20.8 Å². The van der Waals surface area contributed by atoms with Crippen LogP contribution in [0.25, 0.3) is 22.2 Å². The van der Waals surface area contributed by atoms with Crippen molar-refractivity contribution in [3.05, 3.63) is 41.8 Å². The summed E-state index contributed by atoms with van der Waals surface area (Å²) >= 11 is 6.52. The van der Waals surface area contributed by atoms with Crippen LogP contribution in [-0.4, -0.2) is 57.9 Å². The number of esters is 1. The van der Waals surface area contributed by atoms with Crippen LogP contribution in [0.2, 0.25) is 5.02 Å². The van der Waals surface area contributed by atoms with E-state index in [1.165, 1.54) is 6.33 Å². The number of halogens is 1. The Kier molecular flexibility index (Phi) is 6.65. The van der Waals surface area contributed by atoms with Crippen LogP contribution < -0.4 is 10.2 Å². The summed E-state index contributed by atoms with van der Waals surface area (Å²) in [5, 5.41) is 4.26. The first-order valence-electron chi connectivity index (χ1n) is 11.1. The third kappa shape index (κ3) is 5.09. The second-order valence-electron chi connectivity index (χ2n) is 9.10. The predicted molar refractivity (Wildman–Crippen MR) is 130 cm³/mol. The molecule has 0 bridgehead atoms. The fourth-order valence-corrected chi connectivity index (χ4v) is 4.15. The molecular weight excluding hydrogens is 458 g/mol. The van der Waals surface area contributed by atoms with Gasteiger partial charge in [0.2, 0.25) is 0 Å². The Bertz CT molecular complexity index is 1210. The number of alkyl carbamates (subject to hydrolysis) is 1. The number of carbonyl (C=O) groups excluding carboxylic acids is 2. The zero-order chi connectivity index (χ0) is 24.5. The van der Waals surface area contributed by atoms with Crippen LogP contribution in [0.15, 0.2) is 36.8 Å². The number of rotatable bonds is 6. The van der Waals surface area contributed by atoms with Gasteiger partial charge in [-0.25, -0.2) is 14.8 Å². The summed E-state index contributed by atoms with van der Waals surface area (Å²) in [6.45, 7) is 8.71. The fourth-order valence-electron chi connectivity index (χ4n) is 3.91. The standard InChI is InChI=1S/C24H28ClN5O4/c1-5-33-19(31)13-30-12-17(16-8-6-7-9-18(16)25)20-21(26-14-27-22(20)30)29-10-15(11-29)28-23(32)34-24(2,3)4/h6-9,12,14-15H,5,10-11,13H2,1-4H3,(H,28,32). The van der Waals surface area contributed by atoms with E-state index in [1.54, 1.807) is 11.5 Å². The Morgan fingerprint density at radius 3 is 2.59 bits per heavy atom. The molecule has 0 spiro atoms. The van der Waals surface area contributed by atoms with Crippen LogP contribution in [0.5, 0.6) is 0 Å². The molecule has 1 aliphatic rings. The predicted octanol–water partition coefficient (Wildman–Crippen LogP) is 4.03. The van der Waals surface area contributed by atoms with Gasteiger partial charge in [-0.05, 0) is 33.8 Å². The monoisotopic (exact) mass is 485 g/mol. The van der Waals surface area contributed by atoms with Gasteiger partial charge in [-0.1, -0.05) is 29.8 Å². The van der Waals surface area contributed by atoms with Gasteiger partial charge in [0.05, 0.1) is 18.0 Å². The van der Waals surface area contributed by atoms with E-state index in [9.17, 15) is 9.59 Å². The van der Waals surface area contributed by atoms with Crippen LogP contribution in [0.1, 0.15) is 27.7 Å². The first-order valence-corrected chi connectivity index (χ1v) is 11.5. The lowest BCUT2D eigenvalue weighted by molar-refractivity contribution is -0.143. The first-order chi connectivity index (χ1) is 16.2. The number of aromatic nitrogens is 3. The molecule has 9 nitrogen and oxygen atoms in total. The highest BCUT2D eigenvalue weighted by atomic mass is 35.5. The van der Waals surface area contributed by atoms with Crippen LogP contribution in [0.3, 0.4) is 0 Å². The molecule has 34 heavy (non-hydrogen) atoms. The summed E-state index contributed by atoms with van der Waals surface area (Å²) < 4.78 is 12.2. The van der Waals surface area contributed by atoms with E-state index in [-0.39, 0.29) is 18.6 Å². The van der Waals surface area contributed by atoms with Gasteiger partial charge in [-0.15, -0.1) is 0 Å². The number of ether oxygens (including phenoxy) is 2. The molecule has 1 fully saturated rings. The molecule has 180 valence electrons. The molecule has 0 aliphatic carbocycles. The van der Waals surface area contributed by atoms with Crippen molar-refractivity contribution in [3.8, 4) is 11.1 Å².